The summed E-state index contributed by atoms with van der Waals surface area (Å²) in [6.07, 6.45) is -3.34. The number of guanidine groups is 2. The number of rotatable bonds is 11. The van der Waals surface area contributed by atoms with Crippen molar-refractivity contribution in [1.29, 1.82) is 0 Å². The maximum Gasteiger partial charge on any atom is 0.414 e. The summed E-state index contributed by atoms with van der Waals surface area (Å²) < 4.78 is 21.1. The Morgan fingerprint density at radius 1 is 0.551 bits per heavy atom. The number of hydrazine groups is 1. The van der Waals surface area contributed by atoms with Crippen molar-refractivity contribution < 1.29 is 42.9 Å². The number of carbonyl (C=O) groups excluding carboxylic acids is 5. The minimum absolute atomic E-state index is 0.0197. The van der Waals surface area contributed by atoms with Gasteiger partial charge in [0.1, 0.15) is 22.4 Å². The Labute approximate surface area is 289 Å². The molecule has 0 radical (unpaired) electrons. The lowest BCUT2D eigenvalue weighted by molar-refractivity contribution is -0.120. The Morgan fingerprint density at radius 3 is 1.12 bits per heavy atom. The Balaban J connectivity index is 5.96. The van der Waals surface area contributed by atoms with E-state index in [-0.39, 0.29) is 44.6 Å². The SMILES string of the molecule is CC(C)(C)OC(=O)NC(=NCCN(CCN=C(NC(=O)OC(C)(C)C)NC(=O)OC(C)(C)C)CCNCC(=O)NN)NC(=O)OC(C)(C)C. The first-order valence-corrected chi connectivity index (χ1v) is 15.8. The van der Waals surface area contributed by atoms with Gasteiger partial charge in [0, 0.05) is 26.2 Å². The van der Waals surface area contributed by atoms with Gasteiger partial charge in [0.05, 0.1) is 19.6 Å². The minimum atomic E-state index is -0.835. The first-order valence-electron chi connectivity index (χ1n) is 15.8. The largest absolute Gasteiger partial charge is 0.444 e. The fourth-order valence-electron chi connectivity index (χ4n) is 3.25. The van der Waals surface area contributed by atoms with Crippen LogP contribution in [0.4, 0.5) is 19.2 Å². The van der Waals surface area contributed by atoms with Crippen molar-refractivity contribution >= 4 is 42.2 Å². The van der Waals surface area contributed by atoms with Gasteiger partial charge in [-0.2, -0.15) is 0 Å². The van der Waals surface area contributed by atoms with E-state index in [0.717, 1.165) is 0 Å². The molecule has 0 heterocycles. The third-order valence-electron chi connectivity index (χ3n) is 4.90. The summed E-state index contributed by atoms with van der Waals surface area (Å²) in [5.41, 5.74) is -1.18. The maximum absolute atomic E-state index is 12.4. The number of nitrogens with two attached hydrogens (primary N) is 1. The maximum atomic E-state index is 12.4. The van der Waals surface area contributed by atoms with Gasteiger partial charge in [-0.25, -0.2) is 25.0 Å². The zero-order valence-corrected chi connectivity index (χ0v) is 31.0. The van der Waals surface area contributed by atoms with Gasteiger partial charge < -0.3 is 24.3 Å². The van der Waals surface area contributed by atoms with Gasteiger partial charge in [0.15, 0.2) is 0 Å². The normalized spacial score (nSPS) is 11.8. The van der Waals surface area contributed by atoms with Crippen LogP contribution in [-0.4, -0.2) is 115 Å². The van der Waals surface area contributed by atoms with Gasteiger partial charge in [-0.15, -0.1) is 0 Å². The van der Waals surface area contributed by atoms with Gasteiger partial charge in [-0.1, -0.05) is 0 Å². The van der Waals surface area contributed by atoms with Crippen LogP contribution in [0.15, 0.2) is 9.98 Å². The van der Waals surface area contributed by atoms with E-state index in [9.17, 15) is 24.0 Å². The highest BCUT2D eigenvalue weighted by atomic mass is 16.6. The second kappa shape index (κ2) is 20.3. The quantitative estimate of drug-likeness (QED) is 0.0309. The third kappa shape index (κ3) is 27.4. The fourth-order valence-corrected chi connectivity index (χ4v) is 3.25. The van der Waals surface area contributed by atoms with E-state index in [1.165, 1.54) is 0 Å². The van der Waals surface area contributed by atoms with Crippen molar-refractivity contribution in [2.24, 2.45) is 15.8 Å². The van der Waals surface area contributed by atoms with Crippen LogP contribution in [0.5, 0.6) is 0 Å². The summed E-state index contributed by atoms with van der Waals surface area (Å²) in [5, 5.41) is 12.7. The number of hydrogen-bond acceptors (Lipinski definition) is 14. The summed E-state index contributed by atoms with van der Waals surface area (Å²) in [7, 11) is 0. The molecule has 0 aliphatic rings. The molecule has 0 aromatic carbocycles. The van der Waals surface area contributed by atoms with E-state index >= 15 is 0 Å². The number of hydrogen-bond donors (Lipinski definition) is 7. The molecule has 282 valence electrons. The van der Waals surface area contributed by atoms with Crippen LogP contribution in [0.1, 0.15) is 83.1 Å². The Hall–Kier alpha value is -4.23. The number of ether oxygens (including phenoxy) is 4. The fraction of sp³-hybridized carbons (Fsp3) is 0.767. The van der Waals surface area contributed by atoms with Crippen molar-refractivity contribution in [3.8, 4) is 0 Å². The Kier molecular flexibility index (Phi) is 18.6. The van der Waals surface area contributed by atoms with Gasteiger partial charge >= 0.3 is 24.4 Å². The zero-order valence-electron chi connectivity index (χ0n) is 31.0. The smallest absolute Gasteiger partial charge is 0.414 e. The molecular weight excluding hydrogens is 644 g/mol. The van der Waals surface area contributed by atoms with Gasteiger partial charge in [-0.3, -0.25) is 46.4 Å². The average molecular weight is 703 g/mol. The predicted octanol–water partition coefficient (Wildman–Crippen LogP) is 1.68. The minimum Gasteiger partial charge on any atom is -0.444 e. The molecule has 0 rings (SSSR count). The lowest BCUT2D eigenvalue weighted by atomic mass is 10.2. The molecule has 19 heteroatoms. The summed E-state index contributed by atoms with van der Waals surface area (Å²) >= 11 is 0. The molecule has 0 unspecified atom stereocenters. The lowest BCUT2D eigenvalue weighted by Crippen LogP contribution is -2.48. The van der Waals surface area contributed by atoms with E-state index in [2.05, 4.69) is 36.6 Å². The molecule has 0 aromatic rings. The summed E-state index contributed by atoms with van der Waals surface area (Å²) in [4.78, 5) is 71.8. The third-order valence-corrected chi connectivity index (χ3v) is 4.90. The second-order valence-corrected chi connectivity index (χ2v) is 14.6. The molecule has 0 spiro atoms. The van der Waals surface area contributed by atoms with Crippen LogP contribution in [0.3, 0.4) is 0 Å². The molecule has 0 aliphatic heterocycles. The molecule has 0 fully saturated rings. The molecule has 0 aromatic heterocycles. The number of nitrogens with zero attached hydrogens (tertiary/aromatic N) is 3. The van der Waals surface area contributed by atoms with Crippen LogP contribution in [0, 0.1) is 0 Å². The molecule has 0 saturated heterocycles. The number of alkyl carbamates (subject to hydrolysis) is 4. The van der Waals surface area contributed by atoms with Crippen LogP contribution in [-0.2, 0) is 23.7 Å². The molecule has 8 N–H and O–H groups in total. The van der Waals surface area contributed by atoms with Crippen LogP contribution in [0.2, 0.25) is 0 Å². The van der Waals surface area contributed by atoms with Crippen LogP contribution in [0.25, 0.3) is 0 Å². The van der Waals surface area contributed by atoms with Gasteiger partial charge in [-0.05, 0) is 83.1 Å². The summed E-state index contributed by atoms with van der Waals surface area (Å²) in [6, 6.07) is 0. The lowest BCUT2D eigenvalue weighted by Gasteiger charge is -2.23. The van der Waals surface area contributed by atoms with E-state index in [1.54, 1.807) is 83.1 Å². The number of aliphatic imine (C=N–C) groups is 2. The van der Waals surface area contributed by atoms with E-state index in [4.69, 9.17) is 24.8 Å². The van der Waals surface area contributed by atoms with E-state index in [1.807, 2.05) is 10.3 Å². The number of carbonyl (C=O) groups is 5. The van der Waals surface area contributed by atoms with Crippen LogP contribution < -0.4 is 37.9 Å². The first-order chi connectivity index (χ1) is 22.3. The van der Waals surface area contributed by atoms with Crippen molar-refractivity contribution in [3.63, 3.8) is 0 Å². The highest BCUT2D eigenvalue weighted by molar-refractivity contribution is 6.02. The van der Waals surface area contributed by atoms with Crippen molar-refractivity contribution in [3.05, 3.63) is 0 Å². The topological polar surface area (TPSA) is 248 Å². The molecule has 0 saturated carbocycles. The molecule has 0 aliphatic carbocycles. The van der Waals surface area contributed by atoms with E-state index in [0.29, 0.717) is 13.1 Å². The molecule has 49 heavy (non-hydrogen) atoms. The Bertz CT molecular complexity index is 1020. The molecule has 19 nitrogen and oxygen atoms in total. The highest BCUT2D eigenvalue weighted by Crippen LogP contribution is 2.09. The predicted molar refractivity (Wildman–Crippen MR) is 184 cm³/mol. The van der Waals surface area contributed by atoms with E-state index < -0.39 is 52.7 Å². The number of nitrogens with one attached hydrogen (secondary N) is 6. The van der Waals surface area contributed by atoms with Gasteiger partial charge in [0.25, 0.3) is 0 Å². The second-order valence-electron chi connectivity index (χ2n) is 14.6. The van der Waals surface area contributed by atoms with Crippen molar-refractivity contribution in [2.75, 3.05) is 45.8 Å². The molecular formula is C30H58N10O9. The molecule has 0 atom stereocenters. The molecule has 0 bridgehead atoms. The van der Waals surface area contributed by atoms with Crippen molar-refractivity contribution in [2.45, 2.75) is 105 Å². The summed E-state index contributed by atoms with van der Waals surface area (Å²) in [5.74, 6) is 4.36. The monoisotopic (exact) mass is 702 g/mol. The van der Waals surface area contributed by atoms with Crippen molar-refractivity contribution in [1.82, 2.24) is 36.9 Å². The first kappa shape index (κ1) is 44.8. The van der Waals surface area contributed by atoms with Gasteiger partial charge in [0.2, 0.25) is 17.8 Å². The average Bonchev–Trinajstić information content (AvgIpc) is 2.85. The Morgan fingerprint density at radius 2 is 0.857 bits per heavy atom. The summed E-state index contributed by atoms with van der Waals surface area (Å²) in [6.45, 7) is 21.7. The number of amides is 5. The molecule has 5 amide bonds. The van der Waals surface area contributed by atoms with Crippen LogP contribution >= 0.6 is 0 Å². The highest BCUT2D eigenvalue weighted by Gasteiger charge is 2.23. The standard InChI is InChI=1S/C30H58N10O9/c1-27(2,3)46-23(42)35-21(36-24(43)47-28(4,5)6)33-14-17-40(16-13-32-19-20(41)39-31)18-15-34-22(37-25(44)48-29(7,8)9)38-26(45)49-30(10,11)12/h32H,13-19,31H2,1-12H3,(H,39,41)(H2,33,35,36,42,43)(H2,34,37,38,44,45). The zero-order chi connectivity index (χ0) is 38.1.